The van der Waals surface area contributed by atoms with E-state index in [1.807, 2.05) is 6.07 Å². The van der Waals surface area contributed by atoms with Crippen LogP contribution in [0.15, 0.2) is 15.5 Å². The highest BCUT2D eigenvalue weighted by Crippen LogP contribution is 2.31. The first-order valence-electron chi connectivity index (χ1n) is 8.72. The Bertz CT molecular complexity index is 912. The zero-order chi connectivity index (χ0) is 18.5. The Morgan fingerprint density at radius 3 is 2.54 bits per heavy atom. The van der Waals surface area contributed by atoms with Gasteiger partial charge in [-0.3, -0.25) is 4.79 Å². The minimum Gasteiger partial charge on any atom is -0.360 e. The van der Waals surface area contributed by atoms with Crippen molar-refractivity contribution >= 4 is 27.3 Å². The molecular formula is C17H21N3O4S2. The maximum atomic E-state index is 12.9. The Morgan fingerprint density at radius 1 is 1.19 bits per heavy atom. The smallest absolute Gasteiger partial charge is 0.264 e. The largest absolute Gasteiger partial charge is 0.360 e. The van der Waals surface area contributed by atoms with E-state index in [0.29, 0.717) is 24.5 Å². The first kappa shape index (κ1) is 17.7. The molecule has 9 heteroatoms. The van der Waals surface area contributed by atoms with Crippen LogP contribution in [0.25, 0.3) is 0 Å². The summed E-state index contributed by atoms with van der Waals surface area (Å²) in [7, 11) is -3.65. The Morgan fingerprint density at radius 2 is 1.92 bits per heavy atom. The molecule has 1 saturated heterocycles. The van der Waals surface area contributed by atoms with Gasteiger partial charge in [-0.05, 0) is 44.7 Å². The SMILES string of the molecule is Cc1noc(C)c1S(=O)(=O)N1CCN(C(=O)c2cc3c(s2)CCC3)CC1. The number of aryl methyl sites for hydroxylation is 4. The van der Waals surface area contributed by atoms with Crippen LogP contribution < -0.4 is 0 Å². The fourth-order valence-corrected chi connectivity index (χ4v) is 6.63. The number of nitrogens with zero attached hydrogens (tertiary/aromatic N) is 3. The molecule has 0 bridgehead atoms. The van der Waals surface area contributed by atoms with Crippen molar-refractivity contribution in [2.75, 3.05) is 26.2 Å². The van der Waals surface area contributed by atoms with Crippen LogP contribution in [0.2, 0.25) is 0 Å². The number of thiophene rings is 1. The molecule has 0 radical (unpaired) electrons. The van der Waals surface area contributed by atoms with Crippen LogP contribution in [0.1, 0.15) is 38.0 Å². The maximum Gasteiger partial charge on any atom is 0.264 e. The van der Waals surface area contributed by atoms with Gasteiger partial charge in [0, 0.05) is 31.1 Å². The minimum atomic E-state index is -3.65. The number of aromatic nitrogens is 1. The normalized spacial score (nSPS) is 18.3. The van der Waals surface area contributed by atoms with Crippen molar-refractivity contribution in [3.8, 4) is 0 Å². The van der Waals surface area contributed by atoms with Gasteiger partial charge in [0.2, 0.25) is 10.0 Å². The van der Waals surface area contributed by atoms with Gasteiger partial charge in [-0.1, -0.05) is 5.16 Å². The first-order chi connectivity index (χ1) is 12.4. The number of hydrogen-bond donors (Lipinski definition) is 0. The summed E-state index contributed by atoms with van der Waals surface area (Å²) in [5.41, 5.74) is 1.67. The summed E-state index contributed by atoms with van der Waals surface area (Å²) in [6.07, 6.45) is 3.30. The van der Waals surface area contributed by atoms with Gasteiger partial charge in [0.1, 0.15) is 10.6 Å². The highest BCUT2D eigenvalue weighted by Gasteiger charge is 2.34. The third kappa shape index (κ3) is 2.87. The highest BCUT2D eigenvalue weighted by molar-refractivity contribution is 7.89. The highest BCUT2D eigenvalue weighted by atomic mass is 32.2. The van der Waals surface area contributed by atoms with Crippen molar-refractivity contribution in [3.05, 3.63) is 32.8 Å². The molecule has 2 aromatic heterocycles. The summed E-state index contributed by atoms with van der Waals surface area (Å²) in [4.78, 5) is 16.7. The van der Waals surface area contributed by atoms with Crippen molar-refractivity contribution in [3.63, 3.8) is 0 Å². The van der Waals surface area contributed by atoms with Gasteiger partial charge < -0.3 is 9.42 Å². The Kier molecular flexibility index (Phi) is 4.40. The van der Waals surface area contributed by atoms with E-state index in [1.165, 1.54) is 21.2 Å². The van der Waals surface area contributed by atoms with Gasteiger partial charge in [-0.15, -0.1) is 11.3 Å². The lowest BCUT2D eigenvalue weighted by atomic mass is 10.2. The summed E-state index contributed by atoms with van der Waals surface area (Å²) in [6, 6.07) is 2.02. The van der Waals surface area contributed by atoms with Crippen molar-refractivity contribution in [2.24, 2.45) is 0 Å². The zero-order valence-corrected chi connectivity index (χ0v) is 16.5. The van der Waals surface area contributed by atoms with E-state index in [1.54, 1.807) is 30.1 Å². The van der Waals surface area contributed by atoms with Crippen LogP contribution in [-0.2, 0) is 22.9 Å². The molecule has 140 valence electrons. The van der Waals surface area contributed by atoms with Gasteiger partial charge >= 0.3 is 0 Å². The summed E-state index contributed by atoms with van der Waals surface area (Å²) < 4.78 is 32.1. The van der Waals surface area contributed by atoms with E-state index in [2.05, 4.69) is 5.16 Å². The number of rotatable bonds is 3. The predicted octanol–water partition coefficient (Wildman–Crippen LogP) is 1.99. The van der Waals surface area contributed by atoms with E-state index in [4.69, 9.17) is 4.52 Å². The van der Waals surface area contributed by atoms with E-state index in [-0.39, 0.29) is 23.9 Å². The van der Waals surface area contributed by atoms with Gasteiger partial charge in [0.15, 0.2) is 5.76 Å². The quantitative estimate of drug-likeness (QED) is 0.794. The summed E-state index contributed by atoms with van der Waals surface area (Å²) in [6.45, 7) is 4.57. The molecule has 0 N–H and O–H groups in total. The molecule has 0 atom stereocenters. The zero-order valence-electron chi connectivity index (χ0n) is 14.8. The molecule has 1 aliphatic carbocycles. The lowest BCUT2D eigenvalue weighted by Crippen LogP contribution is -2.50. The molecule has 1 fully saturated rings. The number of piperazine rings is 1. The number of carbonyl (C=O) groups excluding carboxylic acids is 1. The van der Waals surface area contributed by atoms with Gasteiger partial charge in [0.25, 0.3) is 5.91 Å². The second kappa shape index (κ2) is 6.47. The lowest BCUT2D eigenvalue weighted by Gasteiger charge is -2.33. The molecule has 1 amide bonds. The van der Waals surface area contributed by atoms with Crippen molar-refractivity contribution in [1.82, 2.24) is 14.4 Å². The van der Waals surface area contributed by atoms with Crippen LogP contribution in [0, 0.1) is 13.8 Å². The molecule has 26 heavy (non-hydrogen) atoms. The monoisotopic (exact) mass is 395 g/mol. The molecule has 7 nitrogen and oxygen atoms in total. The fraction of sp³-hybridized carbons (Fsp3) is 0.529. The van der Waals surface area contributed by atoms with Crippen LogP contribution in [0.3, 0.4) is 0 Å². The molecule has 0 spiro atoms. The van der Waals surface area contributed by atoms with E-state index in [0.717, 1.165) is 17.7 Å². The summed E-state index contributed by atoms with van der Waals surface area (Å²) >= 11 is 1.59. The molecule has 0 aromatic carbocycles. The predicted molar refractivity (Wildman–Crippen MR) is 97.0 cm³/mol. The molecule has 4 rings (SSSR count). The van der Waals surface area contributed by atoms with Crippen LogP contribution in [-0.4, -0.2) is 54.9 Å². The molecule has 0 saturated carbocycles. The maximum absolute atomic E-state index is 12.9. The Balaban J connectivity index is 1.46. The van der Waals surface area contributed by atoms with Gasteiger partial charge in [0.05, 0.1) is 4.88 Å². The molecule has 2 aliphatic rings. The van der Waals surface area contributed by atoms with E-state index < -0.39 is 10.0 Å². The molecular weight excluding hydrogens is 374 g/mol. The summed E-state index contributed by atoms with van der Waals surface area (Å²) in [5, 5.41) is 3.74. The standard InChI is InChI=1S/C17H21N3O4S2/c1-11-16(12(2)24-18-11)26(22,23)20-8-6-19(7-9-20)17(21)15-10-13-4-3-5-14(13)25-15/h10H,3-9H2,1-2H3. The number of amides is 1. The molecule has 1 aliphatic heterocycles. The van der Waals surface area contributed by atoms with E-state index in [9.17, 15) is 13.2 Å². The van der Waals surface area contributed by atoms with Crippen molar-refractivity contribution in [2.45, 2.75) is 38.0 Å². The van der Waals surface area contributed by atoms with Crippen LogP contribution in [0.5, 0.6) is 0 Å². The number of hydrogen-bond acceptors (Lipinski definition) is 6. The lowest BCUT2D eigenvalue weighted by molar-refractivity contribution is 0.0702. The topological polar surface area (TPSA) is 83.7 Å². The third-order valence-corrected chi connectivity index (χ3v) is 8.42. The number of carbonyl (C=O) groups is 1. The average molecular weight is 396 g/mol. The number of sulfonamides is 1. The second-order valence-electron chi connectivity index (χ2n) is 6.76. The molecule has 0 unspecified atom stereocenters. The van der Waals surface area contributed by atoms with Crippen molar-refractivity contribution < 1.29 is 17.7 Å². The third-order valence-electron chi connectivity index (χ3n) is 5.05. The van der Waals surface area contributed by atoms with Gasteiger partial charge in [-0.25, -0.2) is 8.42 Å². The minimum absolute atomic E-state index is 0.0128. The average Bonchev–Trinajstić information content (AvgIpc) is 3.29. The second-order valence-corrected chi connectivity index (χ2v) is 9.77. The molecule has 2 aromatic rings. The first-order valence-corrected chi connectivity index (χ1v) is 11.0. The Labute approximate surface area is 156 Å². The van der Waals surface area contributed by atoms with Crippen LogP contribution in [0.4, 0.5) is 0 Å². The van der Waals surface area contributed by atoms with Crippen LogP contribution >= 0.6 is 11.3 Å². The molecule has 3 heterocycles. The fourth-order valence-electron chi connectivity index (χ4n) is 3.69. The number of fused-ring (bicyclic) bond motifs is 1. The van der Waals surface area contributed by atoms with Gasteiger partial charge in [-0.2, -0.15) is 4.31 Å². The van der Waals surface area contributed by atoms with Crippen molar-refractivity contribution in [1.29, 1.82) is 0 Å². The summed E-state index contributed by atoms with van der Waals surface area (Å²) in [5.74, 6) is 0.313. The van der Waals surface area contributed by atoms with E-state index >= 15 is 0 Å². The Hall–Kier alpha value is -1.71.